The molecule has 2 aromatic rings. The maximum absolute atomic E-state index is 13.0. The van der Waals surface area contributed by atoms with Crippen molar-refractivity contribution in [2.45, 2.75) is 64.1 Å². The number of anilines is 2. The average Bonchev–Trinajstić information content (AvgIpc) is 3.12. The van der Waals surface area contributed by atoms with Gasteiger partial charge in [-0.1, -0.05) is 32.9 Å². The van der Waals surface area contributed by atoms with Crippen molar-refractivity contribution in [2.24, 2.45) is 0 Å². The lowest BCUT2D eigenvalue weighted by molar-refractivity contribution is -0.137. The van der Waals surface area contributed by atoms with Gasteiger partial charge in [0.2, 0.25) is 5.91 Å². The van der Waals surface area contributed by atoms with E-state index in [1.165, 1.54) is 17.4 Å². The normalized spacial score (nSPS) is 19.8. The highest BCUT2D eigenvalue weighted by atomic mass is 19.4. The van der Waals surface area contributed by atoms with Crippen LogP contribution in [0.15, 0.2) is 42.7 Å². The number of carbonyl (C=O) groups is 1. The van der Waals surface area contributed by atoms with Crippen LogP contribution < -0.4 is 10.2 Å². The Kier molecular flexibility index (Phi) is 8.85. The van der Waals surface area contributed by atoms with Crippen LogP contribution in [0, 0.1) is 0 Å². The maximum atomic E-state index is 13.0. The Bertz CT molecular complexity index is 1070. The number of amides is 1. The van der Waals surface area contributed by atoms with E-state index in [-0.39, 0.29) is 17.4 Å². The first-order valence-corrected chi connectivity index (χ1v) is 13.6. The molecule has 2 fully saturated rings. The summed E-state index contributed by atoms with van der Waals surface area (Å²) in [5.41, 5.74) is 2.28. The SMILES string of the molecule is CC(C)(C)c1ccc(N2CCCN(CCC(=O)N3CCC[C@H](Nc4cncc(C(F)(F)F)c4)C3)CC2)cc1. The zero-order valence-electron chi connectivity index (χ0n) is 22.7. The molecule has 2 saturated heterocycles. The molecule has 2 aliphatic heterocycles. The van der Waals surface area contributed by atoms with Gasteiger partial charge in [0.05, 0.1) is 11.3 Å². The van der Waals surface area contributed by atoms with E-state index >= 15 is 0 Å². The fourth-order valence-corrected chi connectivity index (χ4v) is 5.27. The van der Waals surface area contributed by atoms with E-state index in [1.54, 1.807) is 0 Å². The minimum atomic E-state index is -4.43. The zero-order valence-corrected chi connectivity index (χ0v) is 22.7. The summed E-state index contributed by atoms with van der Waals surface area (Å²) in [6.45, 7) is 12.4. The molecule has 0 aliphatic carbocycles. The van der Waals surface area contributed by atoms with Crippen LogP contribution >= 0.6 is 0 Å². The number of pyridine rings is 1. The third kappa shape index (κ3) is 7.62. The Hall–Kier alpha value is -2.81. The lowest BCUT2D eigenvalue weighted by Gasteiger charge is -2.34. The summed E-state index contributed by atoms with van der Waals surface area (Å²) in [7, 11) is 0. The molecule has 1 aromatic carbocycles. The van der Waals surface area contributed by atoms with Gasteiger partial charge >= 0.3 is 6.18 Å². The average molecular weight is 532 g/mol. The number of hydrogen-bond donors (Lipinski definition) is 1. The van der Waals surface area contributed by atoms with Crippen molar-refractivity contribution < 1.29 is 18.0 Å². The molecule has 4 rings (SSSR count). The number of carbonyl (C=O) groups excluding carboxylic acids is 1. The van der Waals surface area contributed by atoms with E-state index in [1.807, 2.05) is 4.90 Å². The summed E-state index contributed by atoms with van der Waals surface area (Å²) >= 11 is 0. The van der Waals surface area contributed by atoms with E-state index in [0.717, 1.165) is 64.2 Å². The van der Waals surface area contributed by atoms with Crippen molar-refractivity contribution in [3.63, 3.8) is 0 Å². The van der Waals surface area contributed by atoms with Crippen molar-refractivity contribution in [1.82, 2.24) is 14.8 Å². The summed E-state index contributed by atoms with van der Waals surface area (Å²) in [4.78, 5) is 23.4. The van der Waals surface area contributed by atoms with Crippen molar-refractivity contribution in [3.8, 4) is 0 Å². The standard InChI is InChI=1S/C29H40F3N5O/c1-28(2,3)22-7-9-26(10-8-22)36-14-5-12-35(16-17-36)15-11-27(38)37-13-4-6-24(21-37)34-25-18-23(19-33-20-25)29(30,31)32/h7-10,18-20,24,34H,4-6,11-17,21H2,1-3H3/t24-/m0/s1. The number of likely N-dealkylation sites (tertiary alicyclic amines) is 1. The van der Waals surface area contributed by atoms with Crippen LogP contribution in [0.2, 0.25) is 0 Å². The molecule has 0 unspecified atom stereocenters. The summed E-state index contributed by atoms with van der Waals surface area (Å²) in [6.07, 6.45) is 0.930. The molecule has 1 N–H and O–H groups in total. The van der Waals surface area contributed by atoms with Crippen LogP contribution in [0.25, 0.3) is 0 Å². The summed E-state index contributed by atoms with van der Waals surface area (Å²) < 4.78 is 39.0. The topological polar surface area (TPSA) is 51.7 Å². The second-order valence-corrected chi connectivity index (χ2v) is 11.5. The van der Waals surface area contributed by atoms with Gasteiger partial charge in [0, 0.05) is 69.8 Å². The number of alkyl halides is 3. The molecule has 208 valence electrons. The molecular weight excluding hydrogens is 491 g/mol. The molecule has 1 amide bonds. The summed E-state index contributed by atoms with van der Waals surface area (Å²) in [6, 6.07) is 9.87. The van der Waals surface area contributed by atoms with Crippen molar-refractivity contribution in [1.29, 1.82) is 0 Å². The molecule has 0 radical (unpaired) electrons. The Morgan fingerprint density at radius 3 is 2.45 bits per heavy atom. The minimum Gasteiger partial charge on any atom is -0.379 e. The molecule has 9 heteroatoms. The molecule has 0 spiro atoms. The first kappa shape index (κ1) is 28.2. The van der Waals surface area contributed by atoms with Gasteiger partial charge in [0.25, 0.3) is 0 Å². The van der Waals surface area contributed by atoms with E-state index in [0.29, 0.717) is 25.2 Å². The largest absolute Gasteiger partial charge is 0.417 e. The van der Waals surface area contributed by atoms with Crippen molar-refractivity contribution in [3.05, 3.63) is 53.9 Å². The lowest BCUT2D eigenvalue weighted by atomic mass is 9.87. The quantitative estimate of drug-likeness (QED) is 0.541. The predicted octanol–water partition coefficient (Wildman–Crippen LogP) is 5.40. The molecule has 1 atom stereocenters. The third-order valence-electron chi connectivity index (χ3n) is 7.54. The van der Waals surface area contributed by atoms with Crippen LogP contribution in [-0.2, 0) is 16.4 Å². The first-order valence-electron chi connectivity index (χ1n) is 13.6. The van der Waals surface area contributed by atoms with Gasteiger partial charge < -0.3 is 20.0 Å². The number of piperidine rings is 1. The van der Waals surface area contributed by atoms with E-state index in [2.05, 4.69) is 65.1 Å². The van der Waals surface area contributed by atoms with Gasteiger partial charge in [-0.05, 0) is 55.0 Å². The third-order valence-corrected chi connectivity index (χ3v) is 7.54. The van der Waals surface area contributed by atoms with Crippen molar-refractivity contribution in [2.75, 3.05) is 56.0 Å². The van der Waals surface area contributed by atoms with Crippen LogP contribution in [0.1, 0.15) is 57.6 Å². The number of benzene rings is 1. The number of hydrogen-bond acceptors (Lipinski definition) is 5. The molecule has 0 bridgehead atoms. The van der Waals surface area contributed by atoms with Crippen molar-refractivity contribution >= 4 is 17.3 Å². The van der Waals surface area contributed by atoms with E-state index in [9.17, 15) is 18.0 Å². The van der Waals surface area contributed by atoms with Gasteiger partial charge in [0.1, 0.15) is 0 Å². The van der Waals surface area contributed by atoms with Crippen LogP contribution in [0.3, 0.4) is 0 Å². The fourth-order valence-electron chi connectivity index (χ4n) is 5.27. The number of halogens is 3. The molecule has 3 heterocycles. The molecular formula is C29H40F3N5O. The maximum Gasteiger partial charge on any atom is 0.417 e. The van der Waals surface area contributed by atoms with Gasteiger partial charge in [-0.25, -0.2) is 0 Å². The second-order valence-electron chi connectivity index (χ2n) is 11.5. The Morgan fingerprint density at radius 1 is 0.974 bits per heavy atom. The van der Waals surface area contributed by atoms with Gasteiger partial charge in [-0.15, -0.1) is 0 Å². The second kappa shape index (κ2) is 11.9. The van der Waals surface area contributed by atoms with Crippen LogP contribution in [-0.4, -0.2) is 72.5 Å². The van der Waals surface area contributed by atoms with E-state index < -0.39 is 11.7 Å². The monoisotopic (exact) mass is 531 g/mol. The van der Waals surface area contributed by atoms with E-state index in [4.69, 9.17) is 0 Å². The molecule has 1 aromatic heterocycles. The highest BCUT2D eigenvalue weighted by molar-refractivity contribution is 5.76. The van der Waals surface area contributed by atoms with Gasteiger partial charge in [-0.3, -0.25) is 9.78 Å². The highest BCUT2D eigenvalue weighted by Gasteiger charge is 2.31. The van der Waals surface area contributed by atoms with Gasteiger partial charge in [0.15, 0.2) is 0 Å². The molecule has 0 saturated carbocycles. The van der Waals surface area contributed by atoms with Crippen LogP contribution in [0.4, 0.5) is 24.5 Å². The Morgan fingerprint density at radius 2 is 1.74 bits per heavy atom. The molecule has 6 nitrogen and oxygen atoms in total. The fraction of sp³-hybridized carbons (Fsp3) is 0.586. The first-order chi connectivity index (χ1) is 18.0. The molecule has 38 heavy (non-hydrogen) atoms. The molecule has 2 aliphatic rings. The summed E-state index contributed by atoms with van der Waals surface area (Å²) in [5, 5.41) is 3.15. The number of rotatable bonds is 6. The zero-order chi connectivity index (χ0) is 27.3. The number of aromatic nitrogens is 1. The number of nitrogens with zero attached hydrogens (tertiary/aromatic N) is 4. The smallest absolute Gasteiger partial charge is 0.379 e. The van der Waals surface area contributed by atoms with Gasteiger partial charge in [-0.2, -0.15) is 13.2 Å². The highest BCUT2D eigenvalue weighted by Crippen LogP contribution is 2.30. The minimum absolute atomic E-state index is 0.0885. The van der Waals surface area contributed by atoms with Crippen LogP contribution in [0.5, 0.6) is 0 Å². The number of nitrogens with one attached hydrogen (secondary N) is 1. The predicted molar refractivity (Wildman–Crippen MR) is 145 cm³/mol. The Labute approximate surface area is 224 Å². The lowest BCUT2D eigenvalue weighted by Crippen LogP contribution is -2.46. The summed E-state index contributed by atoms with van der Waals surface area (Å²) in [5.74, 6) is 0.109. The Balaban J connectivity index is 1.24.